The number of aliphatic carboxylic acids is 1. The van der Waals surface area contributed by atoms with Crippen molar-refractivity contribution in [3.63, 3.8) is 0 Å². The number of piperidine rings is 1. The molecule has 5 rings (SSSR count). The molecule has 2 aliphatic heterocycles. The van der Waals surface area contributed by atoms with Crippen LogP contribution in [0.25, 0.3) is 0 Å². The van der Waals surface area contributed by atoms with Gasteiger partial charge in [0.2, 0.25) is 0 Å². The van der Waals surface area contributed by atoms with Crippen molar-refractivity contribution in [2.24, 2.45) is 0 Å². The molecule has 0 saturated carbocycles. The highest BCUT2D eigenvalue weighted by Gasteiger charge is 2.49. The van der Waals surface area contributed by atoms with Crippen molar-refractivity contribution < 1.29 is 24.3 Å². The first-order chi connectivity index (χ1) is 18.9. The first-order valence-electron chi connectivity index (χ1n) is 12.5. The number of carboxylic acid groups (broad SMARTS) is 1. The van der Waals surface area contributed by atoms with Crippen molar-refractivity contribution in [1.82, 2.24) is 20.5 Å². The number of carbonyl (C=O) groups excluding carboxylic acids is 2. The molecule has 2 aromatic carbocycles. The molecule has 0 aliphatic carbocycles. The molecule has 11 heteroatoms. The molecule has 3 aromatic rings. The van der Waals surface area contributed by atoms with Crippen LogP contribution < -0.4 is 5.48 Å². The topological polar surface area (TPSA) is 112 Å². The maximum atomic E-state index is 14.1. The highest BCUT2D eigenvalue weighted by atomic mass is 35.5. The minimum atomic E-state index is -1.04. The van der Waals surface area contributed by atoms with Gasteiger partial charge >= 0.3 is 5.97 Å². The number of amides is 2. The van der Waals surface area contributed by atoms with Gasteiger partial charge in [0.15, 0.2) is 0 Å². The summed E-state index contributed by atoms with van der Waals surface area (Å²) in [5, 5.41) is 13.6. The molecule has 0 spiro atoms. The van der Waals surface area contributed by atoms with Crippen molar-refractivity contribution in [3.05, 3.63) is 99.3 Å². The summed E-state index contributed by atoms with van der Waals surface area (Å²) in [5.74, 6) is -2.94. The second-order valence-electron chi connectivity index (χ2n) is 9.41. The molecule has 39 heavy (non-hydrogen) atoms. The van der Waals surface area contributed by atoms with Crippen molar-refractivity contribution in [2.45, 2.75) is 43.9 Å². The van der Waals surface area contributed by atoms with Crippen LogP contribution in [0.1, 0.15) is 58.4 Å². The summed E-state index contributed by atoms with van der Waals surface area (Å²) >= 11 is 12.8. The number of hydrogen-bond donors (Lipinski definition) is 2. The maximum absolute atomic E-state index is 14.1. The van der Waals surface area contributed by atoms with Crippen LogP contribution >= 0.6 is 23.2 Å². The van der Waals surface area contributed by atoms with Crippen molar-refractivity contribution in [2.75, 3.05) is 6.54 Å². The molecule has 2 amide bonds. The molecule has 3 unspecified atom stereocenters. The number of halogens is 2. The number of aromatic nitrogens is 1. The van der Waals surface area contributed by atoms with E-state index in [1.807, 2.05) is 6.07 Å². The molecule has 0 bridgehead atoms. The molecular formula is C28H26Cl2N4O5. The molecular weight excluding hydrogens is 543 g/mol. The molecule has 1 aromatic heterocycles. The Hall–Kier alpha value is -3.50. The summed E-state index contributed by atoms with van der Waals surface area (Å²) in [5.41, 5.74) is 4.39. The van der Waals surface area contributed by atoms with Crippen molar-refractivity contribution in [3.8, 4) is 0 Å². The Balaban J connectivity index is 1.60. The Kier molecular flexibility index (Phi) is 8.13. The Morgan fingerprint density at radius 1 is 1.05 bits per heavy atom. The number of carboxylic acids is 1. The predicted molar refractivity (Wildman–Crippen MR) is 144 cm³/mol. The van der Waals surface area contributed by atoms with E-state index >= 15 is 0 Å². The third-order valence-electron chi connectivity index (χ3n) is 7.03. The fourth-order valence-corrected chi connectivity index (χ4v) is 5.81. The monoisotopic (exact) mass is 568 g/mol. The summed E-state index contributed by atoms with van der Waals surface area (Å²) < 4.78 is 0. The van der Waals surface area contributed by atoms with E-state index in [0.29, 0.717) is 53.2 Å². The van der Waals surface area contributed by atoms with E-state index in [4.69, 9.17) is 28.0 Å². The zero-order valence-electron chi connectivity index (χ0n) is 20.8. The number of pyridine rings is 1. The van der Waals surface area contributed by atoms with Crippen molar-refractivity contribution in [1.29, 1.82) is 0 Å². The van der Waals surface area contributed by atoms with Crippen LogP contribution in [0.3, 0.4) is 0 Å². The van der Waals surface area contributed by atoms with E-state index in [0.717, 1.165) is 0 Å². The summed E-state index contributed by atoms with van der Waals surface area (Å²) in [6.07, 6.45) is 3.40. The smallest absolute Gasteiger partial charge is 0.322 e. The average Bonchev–Trinajstić information content (AvgIpc) is 2.93. The van der Waals surface area contributed by atoms with Crippen molar-refractivity contribution >= 4 is 41.0 Å². The first-order valence-corrected chi connectivity index (χ1v) is 13.3. The number of hydrogen-bond acceptors (Lipinski definition) is 6. The van der Waals surface area contributed by atoms with Gasteiger partial charge in [0.1, 0.15) is 12.6 Å². The molecule has 3 heterocycles. The van der Waals surface area contributed by atoms with E-state index in [-0.39, 0.29) is 11.6 Å². The third kappa shape index (κ3) is 5.49. The molecule has 3 atom stereocenters. The largest absolute Gasteiger partial charge is 0.480 e. The van der Waals surface area contributed by atoms with Gasteiger partial charge in [-0.15, -0.1) is 0 Å². The zero-order valence-corrected chi connectivity index (χ0v) is 22.3. The van der Waals surface area contributed by atoms with Crippen LogP contribution in [0.4, 0.5) is 0 Å². The molecule has 2 N–H and O–H groups in total. The molecule has 0 radical (unpaired) electrons. The van der Waals surface area contributed by atoms with Gasteiger partial charge in [-0.25, -0.2) is 10.5 Å². The normalized spacial score (nSPS) is 21.3. The second-order valence-corrected chi connectivity index (χ2v) is 10.3. The molecule has 2 aliphatic rings. The van der Waals surface area contributed by atoms with Gasteiger partial charge in [0, 0.05) is 28.4 Å². The average molecular weight is 569 g/mol. The van der Waals surface area contributed by atoms with Crippen LogP contribution in [0, 0.1) is 0 Å². The van der Waals surface area contributed by atoms with Gasteiger partial charge in [-0.3, -0.25) is 29.2 Å². The van der Waals surface area contributed by atoms with Gasteiger partial charge in [0.25, 0.3) is 11.8 Å². The van der Waals surface area contributed by atoms with Gasteiger partial charge < -0.3 is 5.11 Å². The number of hydrazine groups is 1. The quantitative estimate of drug-likeness (QED) is 0.395. The lowest BCUT2D eigenvalue weighted by atomic mass is 9.79. The van der Waals surface area contributed by atoms with E-state index in [1.165, 1.54) is 5.01 Å². The summed E-state index contributed by atoms with van der Waals surface area (Å²) in [6, 6.07) is 15.1. The van der Waals surface area contributed by atoms with Crippen LogP contribution in [0.2, 0.25) is 10.0 Å². The van der Waals surface area contributed by atoms with Gasteiger partial charge in [0.05, 0.1) is 17.7 Å². The van der Waals surface area contributed by atoms with Crippen LogP contribution in [-0.4, -0.2) is 50.5 Å². The number of nitrogens with one attached hydrogen (secondary N) is 1. The lowest BCUT2D eigenvalue weighted by Gasteiger charge is -2.49. The Labute approximate surface area is 235 Å². The number of benzene rings is 2. The number of fused-ring (bicyclic) bond motifs is 1. The maximum Gasteiger partial charge on any atom is 0.322 e. The van der Waals surface area contributed by atoms with Gasteiger partial charge in [-0.1, -0.05) is 53.5 Å². The van der Waals surface area contributed by atoms with Crippen LogP contribution in [-0.2, 0) is 21.0 Å². The minimum Gasteiger partial charge on any atom is -0.480 e. The molecule has 1 fully saturated rings. The van der Waals surface area contributed by atoms with Gasteiger partial charge in [-0.2, -0.15) is 0 Å². The fourth-order valence-electron chi connectivity index (χ4n) is 5.29. The number of rotatable bonds is 7. The highest BCUT2D eigenvalue weighted by Crippen LogP contribution is 2.47. The van der Waals surface area contributed by atoms with E-state index in [1.54, 1.807) is 65.8 Å². The second kappa shape index (κ2) is 11.7. The van der Waals surface area contributed by atoms with E-state index in [2.05, 4.69) is 10.5 Å². The van der Waals surface area contributed by atoms with Gasteiger partial charge in [-0.05, 0) is 60.7 Å². The lowest BCUT2D eigenvalue weighted by Crippen LogP contribution is -2.60. The Morgan fingerprint density at radius 2 is 1.85 bits per heavy atom. The third-order valence-corrected chi connectivity index (χ3v) is 7.59. The number of carbonyl (C=O) groups is 3. The number of hydroxylamine groups is 1. The van der Waals surface area contributed by atoms with E-state index < -0.39 is 35.8 Å². The Morgan fingerprint density at radius 3 is 2.59 bits per heavy atom. The van der Waals surface area contributed by atoms with E-state index in [9.17, 15) is 19.5 Å². The lowest BCUT2D eigenvalue weighted by molar-refractivity contribution is -0.159. The highest BCUT2D eigenvalue weighted by molar-refractivity contribution is 6.35. The van der Waals surface area contributed by atoms with Crippen LogP contribution in [0.5, 0.6) is 0 Å². The summed E-state index contributed by atoms with van der Waals surface area (Å²) in [4.78, 5) is 49.9. The molecule has 9 nitrogen and oxygen atoms in total. The standard InChI is InChI=1S/C28H26Cl2N4O5/c29-17-11-12-21(22(30)15-17)25-24(26(35)32-39-16-18-7-3-5-13-31-18)19-8-1-2-9-20(19)27(36)34(25)33-14-6-4-10-23(33)28(37)38/h1-3,5,7-9,11-13,15,23-25H,4,6,10,14,16H2,(H,32,35)(H,37,38). The number of nitrogens with zero attached hydrogens (tertiary/aromatic N) is 3. The molecule has 1 saturated heterocycles. The summed E-state index contributed by atoms with van der Waals surface area (Å²) in [7, 11) is 0. The summed E-state index contributed by atoms with van der Waals surface area (Å²) in [6.45, 7) is 0.361. The van der Waals surface area contributed by atoms with Crippen LogP contribution in [0.15, 0.2) is 66.9 Å². The Bertz CT molecular complexity index is 1390. The minimum absolute atomic E-state index is 0.0309. The predicted octanol–water partition coefficient (Wildman–Crippen LogP) is 4.77. The zero-order chi connectivity index (χ0) is 27.5. The first kappa shape index (κ1) is 27.1. The molecule has 202 valence electrons. The SMILES string of the molecule is O=C(NOCc1ccccn1)C1c2ccccc2C(=O)N(N2CCCCC2C(=O)O)C1c1ccc(Cl)cc1Cl. The fraction of sp³-hybridized carbons (Fsp3) is 0.286.